The van der Waals surface area contributed by atoms with E-state index in [1.807, 2.05) is 20.8 Å². The molecule has 0 aromatic carbocycles. The molecule has 0 aromatic rings. The molecule has 0 radical (unpaired) electrons. The van der Waals surface area contributed by atoms with Gasteiger partial charge in [-0.1, -0.05) is 26.7 Å². The van der Waals surface area contributed by atoms with Crippen molar-refractivity contribution in [3.05, 3.63) is 0 Å². The molecule has 0 aromatic heterocycles. The SMILES string of the molecule is COC(C)CN1C(=O)C(C(C)C)NC(=O)C12CCCC2. The minimum Gasteiger partial charge on any atom is -0.380 e. The highest BCUT2D eigenvalue weighted by atomic mass is 16.5. The van der Waals surface area contributed by atoms with E-state index in [-0.39, 0.29) is 23.8 Å². The number of amides is 2. The van der Waals surface area contributed by atoms with Crippen molar-refractivity contribution in [2.24, 2.45) is 5.92 Å². The molecular weight excluding hydrogens is 256 g/mol. The van der Waals surface area contributed by atoms with Crippen LogP contribution in [0.2, 0.25) is 0 Å². The fourth-order valence-corrected chi connectivity index (χ4v) is 3.34. The summed E-state index contributed by atoms with van der Waals surface area (Å²) in [5, 5.41) is 2.95. The van der Waals surface area contributed by atoms with E-state index in [4.69, 9.17) is 4.74 Å². The largest absolute Gasteiger partial charge is 0.380 e. The second-order valence-electron chi connectivity index (χ2n) is 6.43. The first-order valence-electron chi connectivity index (χ1n) is 7.57. The number of methoxy groups -OCH3 is 1. The Kier molecular flexibility index (Phi) is 4.37. The Bertz CT molecular complexity index is 389. The van der Waals surface area contributed by atoms with Crippen LogP contribution in [-0.2, 0) is 14.3 Å². The van der Waals surface area contributed by atoms with Crippen molar-refractivity contribution >= 4 is 11.8 Å². The van der Waals surface area contributed by atoms with Crippen molar-refractivity contribution in [1.29, 1.82) is 0 Å². The molecule has 0 bridgehead atoms. The van der Waals surface area contributed by atoms with Crippen LogP contribution in [0, 0.1) is 5.92 Å². The lowest BCUT2D eigenvalue weighted by atomic mass is 9.86. The molecular formula is C15H26N2O3. The summed E-state index contributed by atoms with van der Waals surface area (Å²) >= 11 is 0. The summed E-state index contributed by atoms with van der Waals surface area (Å²) in [6.45, 7) is 6.36. The third-order valence-corrected chi connectivity index (χ3v) is 4.70. The van der Waals surface area contributed by atoms with Crippen LogP contribution in [-0.4, -0.2) is 48.1 Å². The zero-order chi connectivity index (χ0) is 14.9. The quantitative estimate of drug-likeness (QED) is 0.846. The van der Waals surface area contributed by atoms with Crippen LogP contribution in [0.4, 0.5) is 0 Å². The highest BCUT2D eigenvalue weighted by Crippen LogP contribution is 2.39. The van der Waals surface area contributed by atoms with E-state index in [2.05, 4.69) is 5.32 Å². The first-order valence-corrected chi connectivity index (χ1v) is 7.57. The third kappa shape index (κ3) is 2.43. The van der Waals surface area contributed by atoms with E-state index in [9.17, 15) is 9.59 Å². The number of hydrogen-bond donors (Lipinski definition) is 1. The van der Waals surface area contributed by atoms with Crippen LogP contribution in [0.5, 0.6) is 0 Å². The summed E-state index contributed by atoms with van der Waals surface area (Å²) in [5.41, 5.74) is -0.630. The fourth-order valence-electron chi connectivity index (χ4n) is 3.34. The average molecular weight is 282 g/mol. The Labute approximate surface area is 121 Å². The molecule has 2 rings (SSSR count). The number of piperazine rings is 1. The smallest absolute Gasteiger partial charge is 0.246 e. The number of carbonyl (C=O) groups excluding carboxylic acids is 2. The number of carbonyl (C=O) groups is 2. The lowest BCUT2D eigenvalue weighted by molar-refractivity contribution is -0.160. The lowest BCUT2D eigenvalue weighted by Crippen LogP contribution is -2.71. The maximum Gasteiger partial charge on any atom is 0.246 e. The van der Waals surface area contributed by atoms with Gasteiger partial charge >= 0.3 is 0 Å². The topological polar surface area (TPSA) is 58.6 Å². The van der Waals surface area contributed by atoms with E-state index in [0.717, 1.165) is 25.7 Å². The fraction of sp³-hybridized carbons (Fsp3) is 0.867. The van der Waals surface area contributed by atoms with Crippen LogP contribution < -0.4 is 5.32 Å². The number of hydrogen-bond acceptors (Lipinski definition) is 3. The first kappa shape index (κ1) is 15.3. The standard InChI is InChI=1S/C15H26N2O3/c1-10(2)12-13(18)17(9-11(3)20-4)15(14(19)16-12)7-5-6-8-15/h10-12H,5-9H2,1-4H3,(H,16,19). The summed E-state index contributed by atoms with van der Waals surface area (Å²) < 4.78 is 5.31. The first-order chi connectivity index (χ1) is 9.42. The summed E-state index contributed by atoms with van der Waals surface area (Å²) in [6, 6.07) is -0.405. The Hall–Kier alpha value is -1.10. The second kappa shape index (κ2) is 5.72. The van der Waals surface area contributed by atoms with Gasteiger partial charge < -0.3 is 15.0 Å². The predicted octanol–water partition coefficient (Wildman–Crippen LogP) is 1.32. The van der Waals surface area contributed by atoms with E-state index in [1.165, 1.54) is 0 Å². The van der Waals surface area contributed by atoms with Gasteiger partial charge in [0.2, 0.25) is 11.8 Å². The van der Waals surface area contributed by atoms with E-state index in [1.54, 1.807) is 12.0 Å². The number of rotatable bonds is 4. The van der Waals surface area contributed by atoms with E-state index in [0.29, 0.717) is 6.54 Å². The molecule has 114 valence electrons. The van der Waals surface area contributed by atoms with Crippen molar-refractivity contribution in [3.8, 4) is 0 Å². The maximum absolute atomic E-state index is 12.8. The molecule has 1 heterocycles. The molecule has 2 amide bonds. The van der Waals surface area contributed by atoms with Crippen molar-refractivity contribution < 1.29 is 14.3 Å². The van der Waals surface area contributed by atoms with Crippen LogP contribution in [0.25, 0.3) is 0 Å². The van der Waals surface area contributed by atoms with Gasteiger partial charge in [-0.2, -0.15) is 0 Å². The molecule has 1 N–H and O–H groups in total. The van der Waals surface area contributed by atoms with Gasteiger partial charge in [0.15, 0.2) is 0 Å². The number of ether oxygens (including phenoxy) is 1. The predicted molar refractivity (Wildman–Crippen MR) is 76.2 cm³/mol. The van der Waals surface area contributed by atoms with E-state index >= 15 is 0 Å². The van der Waals surface area contributed by atoms with Gasteiger partial charge in [0.25, 0.3) is 0 Å². The van der Waals surface area contributed by atoms with E-state index < -0.39 is 11.6 Å². The van der Waals surface area contributed by atoms with Gasteiger partial charge in [-0.3, -0.25) is 9.59 Å². The molecule has 2 aliphatic rings. The van der Waals surface area contributed by atoms with Crippen molar-refractivity contribution in [2.75, 3.05) is 13.7 Å². The zero-order valence-corrected chi connectivity index (χ0v) is 12.9. The van der Waals surface area contributed by atoms with Gasteiger partial charge in [-0.15, -0.1) is 0 Å². The number of nitrogens with zero attached hydrogens (tertiary/aromatic N) is 1. The molecule has 5 nitrogen and oxygen atoms in total. The molecule has 1 aliphatic carbocycles. The zero-order valence-electron chi connectivity index (χ0n) is 12.9. The lowest BCUT2D eigenvalue weighted by Gasteiger charge is -2.48. The third-order valence-electron chi connectivity index (χ3n) is 4.70. The molecule has 2 unspecified atom stereocenters. The molecule has 2 atom stereocenters. The Morgan fingerprint density at radius 3 is 2.40 bits per heavy atom. The monoisotopic (exact) mass is 282 g/mol. The molecule has 20 heavy (non-hydrogen) atoms. The minimum atomic E-state index is -0.630. The summed E-state index contributed by atoms with van der Waals surface area (Å²) in [5.74, 6) is 0.174. The highest BCUT2D eigenvalue weighted by Gasteiger charge is 2.54. The summed E-state index contributed by atoms with van der Waals surface area (Å²) in [4.78, 5) is 27.2. The normalized spacial score (nSPS) is 27.2. The average Bonchev–Trinajstić information content (AvgIpc) is 2.89. The van der Waals surface area contributed by atoms with Crippen molar-refractivity contribution in [3.63, 3.8) is 0 Å². The molecule has 1 aliphatic heterocycles. The van der Waals surface area contributed by atoms with Gasteiger partial charge in [0.1, 0.15) is 11.6 Å². The van der Waals surface area contributed by atoms with Crippen molar-refractivity contribution in [1.82, 2.24) is 10.2 Å². The van der Waals surface area contributed by atoms with Crippen LogP contribution in [0.1, 0.15) is 46.5 Å². The highest BCUT2D eigenvalue weighted by molar-refractivity contribution is 6.00. The van der Waals surface area contributed by atoms with Gasteiger partial charge in [-0.25, -0.2) is 0 Å². The summed E-state index contributed by atoms with van der Waals surface area (Å²) in [6.07, 6.45) is 3.49. The maximum atomic E-state index is 12.8. The molecule has 5 heteroatoms. The number of nitrogens with one attached hydrogen (secondary N) is 1. The second-order valence-corrected chi connectivity index (χ2v) is 6.43. The molecule has 1 saturated carbocycles. The molecule has 1 spiro atoms. The van der Waals surface area contributed by atoms with Crippen molar-refractivity contribution in [2.45, 2.75) is 64.1 Å². The Morgan fingerprint density at radius 1 is 1.30 bits per heavy atom. The molecule has 1 saturated heterocycles. The van der Waals surface area contributed by atoms with Crippen LogP contribution >= 0.6 is 0 Å². The molecule has 2 fully saturated rings. The van der Waals surface area contributed by atoms with Gasteiger partial charge in [0, 0.05) is 13.7 Å². The van der Waals surface area contributed by atoms with Gasteiger partial charge in [-0.05, 0) is 25.7 Å². The Balaban J connectivity index is 2.31. The van der Waals surface area contributed by atoms with Crippen LogP contribution in [0.3, 0.4) is 0 Å². The van der Waals surface area contributed by atoms with Crippen LogP contribution in [0.15, 0.2) is 0 Å². The summed E-state index contributed by atoms with van der Waals surface area (Å²) in [7, 11) is 1.64. The Morgan fingerprint density at radius 2 is 1.90 bits per heavy atom. The minimum absolute atomic E-state index is 0.0246. The van der Waals surface area contributed by atoms with Gasteiger partial charge in [0.05, 0.1) is 6.10 Å².